The molecule has 2 heterocycles. The normalized spacial score (nSPS) is 24.0. The molecule has 13 heavy (non-hydrogen) atoms. The van der Waals surface area contributed by atoms with E-state index in [-0.39, 0.29) is 0 Å². The van der Waals surface area contributed by atoms with Crippen LogP contribution < -0.4 is 5.73 Å². The van der Waals surface area contributed by atoms with Crippen LogP contribution >= 0.6 is 11.6 Å². The highest BCUT2D eigenvalue weighted by Crippen LogP contribution is 2.26. The molecule has 1 aromatic rings. The van der Waals surface area contributed by atoms with E-state index in [4.69, 9.17) is 17.3 Å². The molecule has 1 aliphatic heterocycles. The number of hydrogen-bond donors (Lipinski definition) is 1. The number of likely N-dealkylation sites (N-methyl/N-ethyl adjacent to an activating group) is 1. The van der Waals surface area contributed by atoms with E-state index in [9.17, 15) is 0 Å². The number of halogens is 1. The largest absolute Gasteiger partial charge is 0.383 e. The summed E-state index contributed by atoms with van der Waals surface area (Å²) >= 11 is 5.82. The van der Waals surface area contributed by atoms with Crippen LogP contribution in [0.15, 0.2) is 6.20 Å². The minimum atomic E-state index is 0.387. The molecule has 2 rings (SSSR count). The van der Waals surface area contributed by atoms with E-state index in [1.165, 1.54) is 0 Å². The smallest absolute Gasteiger partial charge is 0.140 e. The van der Waals surface area contributed by atoms with E-state index in [1.54, 1.807) is 6.20 Å². The first-order valence-corrected chi connectivity index (χ1v) is 4.73. The predicted molar refractivity (Wildman–Crippen MR) is 52.8 cm³/mol. The molecule has 0 saturated carbocycles. The van der Waals surface area contributed by atoms with Crippen LogP contribution in [0.3, 0.4) is 0 Å². The fourth-order valence-corrected chi connectivity index (χ4v) is 1.88. The summed E-state index contributed by atoms with van der Waals surface area (Å²) in [5.74, 6) is 0.585. The lowest BCUT2D eigenvalue weighted by Gasteiger charge is -2.12. The van der Waals surface area contributed by atoms with E-state index >= 15 is 0 Å². The van der Waals surface area contributed by atoms with Crippen molar-refractivity contribution in [1.82, 2.24) is 14.7 Å². The Bertz CT molecular complexity index is 309. The molecule has 5 heteroatoms. The Hall–Kier alpha value is -0.740. The van der Waals surface area contributed by atoms with Gasteiger partial charge in [-0.2, -0.15) is 5.10 Å². The highest BCUT2D eigenvalue weighted by molar-refractivity contribution is 6.32. The molecule has 0 spiro atoms. The molecule has 1 atom stereocenters. The maximum atomic E-state index is 5.82. The van der Waals surface area contributed by atoms with Crippen LogP contribution in [0.1, 0.15) is 12.5 Å². The number of hydrogen-bond acceptors (Lipinski definition) is 3. The van der Waals surface area contributed by atoms with Gasteiger partial charge in [-0.3, -0.25) is 0 Å². The predicted octanol–water partition coefficient (Wildman–Crippen LogP) is 0.995. The van der Waals surface area contributed by atoms with Crippen LogP contribution in [0.25, 0.3) is 0 Å². The number of nitrogens with zero attached hydrogens (tertiary/aromatic N) is 3. The van der Waals surface area contributed by atoms with Gasteiger partial charge in [0.1, 0.15) is 10.8 Å². The van der Waals surface area contributed by atoms with Gasteiger partial charge in [-0.1, -0.05) is 11.6 Å². The third kappa shape index (κ3) is 1.51. The van der Waals surface area contributed by atoms with Crippen molar-refractivity contribution in [3.05, 3.63) is 11.2 Å². The second kappa shape index (κ2) is 3.20. The lowest BCUT2D eigenvalue weighted by molar-refractivity contribution is 0.384. The highest BCUT2D eigenvalue weighted by Gasteiger charge is 2.23. The lowest BCUT2D eigenvalue weighted by atomic mass is 10.3. The molecule has 0 aromatic carbocycles. The maximum Gasteiger partial charge on any atom is 0.140 e. The Kier molecular flexibility index (Phi) is 2.17. The Balaban J connectivity index is 2.21. The van der Waals surface area contributed by atoms with Crippen molar-refractivity contribution in [2.24, 2.45) is 0 Å². The number of likely N-dealkylation sites (tertiary alicyclic amines) is 1. The highest BCUT2D eigenvalue weighted by atomic mass is 35.5. The van der Waals surface area contributed by atoms with Gasteiger partial charge < -0.3 is 10.6 Å². The molecule has 1 saturated heterocycles. The summed E-state index contributed by atoms with van der Waals surface area (Å²) in [4.78, 5) is 2.26. The summed E-state index contributed by atoms with van der Waals surface area (Å²) in [5, 5.41) is 4.72. The Morgan fingerprint density at radius 1 is 1.69 bits per heavy atom. The number of anilines is 1. The summed E-state index contributed by atoms with van der Waals surface area (Å²) in [6.45, 7) is 2.10. The van der Waals surface area contributed by atoms with Crippen molar-refractivity contribution in [2.75, 3.05) is 25.9 Å². The van der Waals surface area contributed by atoms with Crippen molar-refractivity contribution in [2.45, 2.75) is 12.5 Å². The van der Waals surface area contributed by atoms with E-state index in [0.29, 0.717) is 16.9 Å². The summed E-state index contributed by atoms with van der Waals surface area (Å²) in [6.07, 6.45) is 2.70. The zero-order valence-electron chi connectivity index (χ0n) is 7.57. The zero-order chi connectivity index (χ0) is 9.42. The fraction of sp³-hybridized carbons (Fsp3) is 0.625. The van der Waals surface area contributed by atoms with Crippen molar-refractivity contribution in [3.63, 3.8) is 0 Å². The third-order valence-electron chi connectivity index (χ3n) is 2.50. The summed E-state index contributed by atoms with van der Waals surface area (Å²) in [6, 6.07) is 0.387. The SMILES string of the molecule is CN1CCC(n2ncc(Cl)c2N)C1. The number of nitrogen functional groups attached to an aromatic ring is 1. The molecule has 1 unspecified atom stereocenters. The second-order valence-electron chi connectivity index (χ2n) is 3.53. The van der Waals surface area contributed by atoms with Crippen molar-refractivity contribution in [1.29, 1.82) is 0 Å². The Labute approximate surface area is 82.3 Å². The molecule has 0 amide bonds. The second-order valence-corrected chi connectivity index (χ2v) is 3.93. The molecule has 0 bridgehead atoms. The molecule has 4 nitrogen and oxygen atoms in total. The van der Waals surface area contributed by atoms with Crippen molar-refractivity contribution >= 4 is 17.4 Å². The maximum absolute atomic E-state index is 5.82. The average Bonchev–Trinajstić information content (AvgIpc) is 2.62. The van der Waals surface area contributed by atoms with Crippen LogP contribution in [-0.4, -0.2) is 34.8 Å². The molecule has 1 aliphatic rings. The summed E-state index contributed by atoms with van der Waals surface area (Å²) in [7, 11) is 2.10. The summed E-state index contributed by atoms with van der Waals surface area (Å²) in [5.41, 5.74) is 5.78. The third-order valence-corrected chi connectivity index (χ3v) is 2.79. The topological polar surface area (TPSA) is 47.1 Å². The van der Waals surface area contributed by atoms with Gasteiger partial charge in [-0.25, -0.2) is 4.68 Å². The monoisotopic (exact) mass is 200 g/mol. The minimum Gasteiger partial charge on any atom is -0.383 e. The molecule has 2 N–H and O–H groups in total. The molecule has 0 aliphatic carbocycles. The lowest BCUT2D eigenvalue weighted by Crippen LogP contribution is -2.18. The molecular weight excluding hydrogens is 188 g/mol. The van der Waals surface area contributed by atoms with Gasteiger partial charge in [0.15, 0.2) is 0 Å². The quantitative estimate of drug-likeness (QED) is 0.736. The van der Waals surface area contributed by atoms with Gasteiger partial charge in [0.25, 0.3) is 0 Å². The number of rotatable bonds is 1. The van der Waals surface area contributed by atoms with E-state index in [0.717, 1.165) is 19.5 Å². The van der Waals surface area contributed by atoms with Gasteiger partial charge in [0.05, 0.1) is 12.2 Å². The minimum absolute atomic E-state index is 0.387. The first kappa shape index (κ1) is 8.84. The van der Waals surface area contributed by atoms with E-state index < -0.39 is 0 Å². The van der Waals surface area contributed by atoms with Crippen molar-refractivity contribution < 1.29 is 0 Å². The first-order chi connectivity index (χ1) is 6.18. The molecule has 1 fully saturated rings. The Morgan fingerprint density at radius 2 is 2.46 bits per heavy atom. The van der Waals surface area contributed by atoms with Crippen molar-refractivity contribution in [3.8, 4) is 0 Å². The zero-order valence-corrected chi connectivity index (χ0v) is 8.33. The number of aromatic nitrogens is 2. The van der Waals surface area contributed by atoms with Crippen LogP contribution in [0.5, 0.6) is 0 Å². The van der Waals surface area contributed by atoms with Crippen LogP contribution in [0, 0.1) is 0 Å². The van der Waals surface area contributed by atoms with Crippen LogP contribution in [0.2, 0.25) is 5.02 Å². The first-order valence-electron chi connectivity index (χ1n) is 4.35. The van der Waals surface area contributed by atoms with Gasteiger partial charge in [-0.05, 0) is 13.5 Å². The molecule has 1 aromatic heterocycles. The number of nitrogens with two attached hydrogens (primary N) is 1. The Morgan fingerprint density at radius 3 is 2.92 bits per heavy atom. The van der Waals surface area contributed by atoms with Gasteiger partial charge in [0.2, 0.25) is 0 Å². The molecule has 72 valence electrons. The van der Waals surface area contributed by atoms with Crippen LogP contribution in [0.4, 0.5) is 5.82 Å². The van der Waals surface area contributed by atoms with Crippen LogP contribution in [-0.2, 0) is 0 Å². The average molecular weight is 201 g/mol. The summed E-state index contributed by atoms with van der Waals surface area (Å²) < 4.78 is 1.83. The molecular formula is C8H13ClN4. The molecule has 0 radical (unpaired) electrons. The van der Waals surface area contributed by atoms with Gasteiger partial charge in [0, 0.05) is 13.1 Å². The van der Waals surface area contributed by atoms with E-state index in [2.05, 4.69) is 17.0 Å². The van der Waals surface area contributed by atoms with E-state index in [1.807, 2.05) is 4.68 Å². The van der Waals surface area contributed by atoms with Gasteiger partial charge in [-0.15, -0.1) is 0 Å². The fourth-order valence-electron chi connectivity index (χ4n) is 1.75. The standard InChI is InChI=1S/C8H13ClN4/c1-12-3-2-6(5-12)13-8(10)7(9)4-11-13/h4,6H,2-3,5,10H2,1H3. The van der Waals surface area contributed by atoms with Gasteiger partial charge >= 0.3 is 0 Å².